The molecule has 0 aliphatic carbocycles. The number of nitrogens with one attached hydrogen (secondary N) is 3. The molecule has 2 aliphatic heterocycles. The van der Waals surface area contributed by atoms with Crippen LogP contribution in [0.1, 0.15) is 74.9 Å². The molecule has 1 atom stereocenters. The molecule has 1 fully saturated rings. The van der Waals surface area contributed by atoms with Crippen molar-refractivity contribution in [2.75, 3.05) is 23.7 Å². The third-order valence-corrected chi connectivity index (χ3v) is 8.36. The van der Waals surface area contributed by atoms with E-state index in [9.17, 15) is 9.59 Å². The Kier molecular flexibility index (Phi) is 11.5. The second-order valence-electron chi connectivity index (χ2n) is 11.6. The van der Waals surface area contributed by atoms with Crippen LogP contribution in [0.15, 0.2) is 95.2 Å². The number of rotatable bonds is 6. The van der Waals surface area contributed by atoms with Gasteiger partial charge in [0.25, 0.3) is 5.91 Å². The Morgan fingerprint density at radius 3 is 2.62 bits per heavy atom. The molecule has 0 saturated carbocycles. The zero-order valence-electron chi connectivity index (χ0n) is 26.8. The zero-order valence-corrected chi connectivity index (χ0v) is 26.8. The first-order valence-electron chi connectivity index (χ1n) is 15.7. The van der Waals surface area contributed by atoms with Crippen LogP contribution in [0.25, 0.3) is 0 Å². The van der Waals surface area contributed by atoms with Gasteiger partial charge in [-0.2, -0.15) is 5.26 Å². The molecule has 4 rings (SSSR count). The predicted octanol–water partition coefficient (Wildman–Crippen LogP) is 7.11. The lowest BCUT2D eigenvalue weighted by atomic mass is 9.92. The normalized spacial score (nSPS) is 21.2. The number of likely N-dealkylation sites (tertiary alicyclic amines) is 1. The lowest BCUT2D eigenvalue weighted by Crippen LogP contribution is -2.39. The zero-order chi connectivity index (χ0) is 32.3. The number of fused-ring (bicyclic) bond motifs is 2. The van der Waals surface area contributed by atoms with Gasteiger partial charge in [-0.25, -0.2) is 4.99 Å². The molecule has 0 aromatic heterocycles. The highest BCUT2D eigenvalue weighted by Gasteiger charge is 2.25. The summed E-state index contributed by atoms with van der Waals surface area (Å²) >= 11 is 0. The molecule has 1 unspecified atom stereocenters. The Balaban J connectivity index is 1.47. The van der Waals surface area contributed by atoms with Crippen molar-refractivity contribution >= 4 is 29.0 Å². The van der Waals surface area contributed by atoms with E-state index in [0.29, 0.717) is 30.6 Å². The summed E-state index contributed by atoms with van der Waals surface area (Å²) in [5.41, 5.74) is 6.83. The Morgan fingerprint density at radius 1 is 1.16 bits per heavy atom. The molecule has 2 bridgehead atoms. The van der Waals surface area contributed by atoms with Gasteiger partial charge in [0.05, 0.1) is 11.6 Å². The Morgan fingerprint density at radius 2 is 1.93 bits per heavy atom. The molecular weight excluding hydrogens is 560 g/mol. The topological polar surface area (TPSA) is 110 Å². The maximum Gasteiger partial charge on any atom is 0.253 e. The second kappa shape index (κ2) is 15.7. The number of hydrogen-bond donors (Lipinski definition) is 3. The number of amidine groups is 1. The minimum Gasteiger partial charge on any atom is -0.364 e. The molecule has 0 radical (unpaired) electrons. The number of aryl methyl sites for hydroxylation is 1. The summed E-state index contributed by atoms with van der Waals surface area (Å²) in [5, 5.41) is 19.3. The number of anilines is 2. The maximum atomic E-state index is 13.3. The molecule has 2 amide bonds. The van der Waals surface area contributed by atoms with Crippen LogP contribution in [0.2, 0.25) is 0 Å². The van der Waals surface area contributed by atoms with Gasteiger partial charge in [-0.3, -0.25) is 9.59 Å². The summed E-state index contributed by atoms with van der Waals surface area (Å²) in [4.78, 5) is 33.0. The average molecular weight is 605 g/mol. The standard InChI is InChI=1S/C37H44N6O2/c1-6-25(4)36-40-26(5)39-32(8-3)21-27(7-2)12-13-30-23-33(41-36)14-15-34(30)42-35(44)22-28-16-18-43(19-17-28)37(45)31-11-9-10-29(20-31)24-38/h6-11,14-15,20-21,23,26,28,39H,2,12-13,16-19,22H2,1,3-5H3,(H,40,41)(H,42,44)/b25-6-,27-21+,32-8+. The van der Waals surface area contributed by atoms with Gasteiger partial charge in [-0.15, -0.1) is 0 Å². The highest BCUT2D eigenvalue weighted by molar-refractivity contribution is 6.07. The van der Waals surface area contributed by atoms with Crippen LogP contribution in [0.4, 0.5) is 11.4 Å². The first-order valence-corrected chi connectivity index (χ1v) is 15.7. The number of nitriles is 1. The summed E-state index contributed by atoms with van der Waals surface area (Å²) in [6.45, 7) is 13.3. The van der Waals surface area contributed by atoms with Gasteiger partial charge in [0.2, 0.25) is 5.91 Å². The van der Waals surface area contributed by atoms with Crippen molar-refractivity contribution in [1.29, 1.82) is 5.26 Å². The van der Waals surface area contributed by atoms with E-state index >= 15 is 0 Å². The number of carbonyl (C=O) groups excluding carboxylic acids is 2. The van der Waals surface area contributed by atoms with Gasteiger partial charge in [-0.1, -0.05) is 30.9 Å². The van der Waals surface area contributed by atoms with Crippen molar-refractivity contribution in [3.63, 3.8) is 0 Å². The first-order chi connectivity index (χ1) is 21.7. The molecule has 2 aromatic rings. The number of aliphatic imine (C=N–C) groups is 1. The molecule has 45 heavy (non-hydrogen) atoms. The fraction of sp³-hybridized carbons (Fsp3) is 0.351. The predicted molar refractivity (Wildman–Crippen MR) is 183 cm³/mol. The van der Waals surface area contributed by atoms with Crippen molar-refractivity contribution in [3.8, 4) is 6.07 Å². The molecule has 2 aromatic carbocycles. The van der Waals surface area contributed by atoms with E-state index in [-0.39, 0.29) is 23.9 Å². The van der Waals surface area contributed by atoms with Crippen LogP contribution in [-0.2, 0) is 11.2 Å². The summed E-state index contributed by atoms with van der Waals surface area (Å²) in [5.74, 6) is 0.880. The first kappa shape index (κ1) is 33.0. The number of allylic oxidation sites excluding steroid dienone is 5. The SMILES string of the molecule is C=C/C1=C\C(=C/C)NC(C)/N=C(\C(C)=C/C)Nc2ccc(NC(=O)CC3CCN(C(=O)c4cccc(C#N)c4)CC3)c(c2)CC1. The number of piperidine rings is 1. The second-order valence-corrected chi connectivity index (χ2v) is 11.6. The van der Waals surface area contributed by atoms with Crippen LogP contribution in [0.3, 0.4) is 0 Å². The molecule has 0 spiro atoms. The van der Waals surface area contributed by atoms with Crippen LogP contribution in [-0.4, -0.2) is 41.8 Å². The lowest BCUT2D eigenvalue weighted by molar-refractivity contribution is -0.117. The average Bonchev–Trinajstić information content (AvgIpc) is 3.06. The van der Waals surface area contributed by atoms with Crippen molar-refractivity contribution in [2.24, 2.45) is 10.9 Å². The van der Waals surface area contributed by atoms with E-state index in [1.807, 2.05) is 63.0 Å². The number of amides is 2. The highest BCUT2D eigenvalue weighted by Crippen LogP contribution is 2.27. The monoisotopic (exact) mass is 604 g/mol. The molecule has 3 N–H and O–H groups in total. The Hall–Kier alpha value is -4.90. The molecule has 8 nitrogen and oxygen atoms in total. The summed E-state index contributed by atoms with van der Waals surface area (Å²) < 4.78 is 0. The van der Waals surface area contributed by atoms with Crippen LogP contribution < -0.4 is 16.0 Å². The van der Waals surface area contributed by atoms with Crippen molar-refractivity contribution < 1.29 is 9.59 Å². The number of carbonyl (C=O) groups is 2. The van der Waals surface area contributed by atoms with Crippen LogP contribution >= 0.6 is 0 Å². The summed E-state index contributed by atoms with van der Waals surface area (Å²) in [7, 11) is 0. The molecular formula is C37H44N6O2. The molecule has 1 saturated heterocycles. The molecule has 2 aliphatic rings. The largest absolute Gasteiger partial charge is 0.364 e. The Labute approximate surface area is 267 Å². The smallest absolute Gasteiger partial charge is 0.253 e. The van der Waals surface area contributed by atoms with Gasteiger partial charge in [0.1, 0.15) is 12.0 Å². The molecule has 234 valence electrons. The lowest BCUT2D eigenvalue weighted by Gasteiger charge is -2.32. The third kappa shape index (κ3) is 9.05. The van der Waals surface area contributed by atoms with Gasteiger partial charge >= 0.3 is 0 Å². The maximum absolute atomic E-state index is 13.3. The summed E-state index contributed by atoms with van der Waals surface area (Å²) in [6.07, 6.45) is 11.3. The van der Waals surface area contributed by atoms with E-state index in [1.165, 1.54) is 0 Å². The Bertz CT molecular complexity index is 1580. The van der Waals surface area contributed by atoms with Crippen LogP contribution in [0, 0.1) is 17.2 Å². The third-order valence-electron chi connectivity index (χ3n) is 8.36. The molecule has 2 heterocycles. The fourth-order valence-electron chi connectivity index (χ4n) is 5.60. The van der Waals surface area contributed by atoms with Gasteiger partial charge in [-0.05, 0) is 118 Å². The van der Waals surface area contributed by atoms with E-state index in [4.69, 9.17) is 10.3 Å². The minimum atomic E-state index is -0.158. The fourth-order valence-corrected chi connectivity index (χ4v) is 5.60. The molecule has 8 heteroatoms. The quantitative estimate of drug-likeness (QED) is 0.325. The van der Waals surface area contributed by atoms with Gasteiger partial charge in [0.15, 0.2) is 0 Å². The van der Waals surface area contributed by atoms with Gasteiger partial charge < -0.3 is 20.9 Å². The summed E-state index contributed by atoms with van der Waals surface area (Å²) in [6, 6.07) is 14.9. The van der Waals surface area contributed by atoms with E-state index in [1.54, 1.807) is 24.3 Å². The van der Waals surface area contributed by atoms with Crippen molar-refractivity contribution in [1.82, 2.24) is 10.2 Å². The van der Waals surface area contributed by atoms with E-state index < -0.39 is 0 Å². The van der Waals surface area contributed by atoms with Crippen molar-refractivity contribution in [2.45, 2.75) is 66.0 Å². The minimum absolute atomic E-state index is 0.0258. The van der Waals surface area contributed by atoms with E-state index in [0.717, 1.165) is 65.3 Å². The highest BCUT2D eigenvalue weighted by atomic mass is 16.2. The van der Waals surface area contributed by atoms with Gasteiger partial charge in [0, 0.05) is 42.1 Å². The van der Waals surface area contributed by atoms with E-state index in [2.05, 4.69) is 40.7 Å². The number of nitrogens with zero attached hydrogens (tertiary/aromatic N) is 3. The van der Waals surface area contributed by atoms with Crippen LogP contribution in [0.5, 0.6) is 0 Å². The van der Waals surface area contributed by atoms with Crippen molar-refractivity contribution in [3.05, 3.63) is 107 Å². The number of benzene rings is 2. The number of hydrogen-bond acceptors (Lipinski definition) is 6.